The predicted molar refractivity (Wildman–Crippen MR) is 224 cm³/mol. The molecule has 0 rings (SSSR count). The first-order valence-corrected chi connectivity index (χ1v) is 21.1. The Hall–Kier alpha value is -3.41. The van der Waals surface area contributed by atoms with Gasteiger partial charge in [-0.15, -0.1) is 0 Å². The summed E-state index contributed by atoms with van der Waals surface area (Å²) < 4.78 is 16.5. The van der Waals surface area contributed by atoms with E-state index in [0.717, 1.165) is 96.3 Å². The molecule has 0 saturated heterocycles. The lowest BCUT2D eigenvalue weighted by atomic mass is 10.1. The van der Waals surface area contributed by atoms with Gasteiger partial charge in [-0.2, -0.15) is 0 Å². The van der Waals surface area contributed by atoms with E-state index in [9.17, 15) is 14.4 Å². The second-order valence-corrected chi connectivity index (χ2v) is 13.6. The van der Waals surface area contributed by atoms with Gasteiger partial charge in [0, 0.05) is 12.8 Å². The molecule has 0 N–H and O–H groups in total. The van der Waals surface area contributed by atoms with Gasteiger partial charge in [-0.1, -0.05) is 164 Å². The van der Waals surface area contributed by atoms with Gasteiger partial charge in [-0.3, -0.25) is 14.4 Å². The molecule has 1 unspecified atom stereocenters. The second-order valence-electron chi connectivity index (χ2n) is 13.6. The number of hydrogen-bond donors (Lipinski definition) is 0. The van der Waals surface area contributed by atoms with Crippen LogP contribution in [0.1, 0.15) is 175 Å². The molecule has 53 heavy (non-hydrogen) atoms. The summed E-state index contributed by atoms with van der Waals surface area (Å²) in [6.45, 7) is 6.21. The maximum atomic E-state index is 12.7. The fourth-order valence-corrected chi connectivity index (χ4v) is 5.32. The Kier molecular flexibility index (Phi) is 38.7. The standard InChI is InChI=1S/C47H76O6/c1-4-7-10-13-16-19-21-23-25-28-31-34-37-40-46(49)52-43-44(42-51-45(48)39-36-33-30-27-18-15-12-9-6-3)53-47(50)41-38-35-32-29-26-24-22-20-17-14-11-8-5-2/h7,9-10,12-13,16,18-19,21,24,26-27,33,36,44H,4-6,8,11,14-15,17,20,22-23,25,28-32,34-35,37-43H2,1-3H3/b10-7-,12-9-,16-13-,21-19-,26-24-,27-18-,36-33-. The Morgan fingerprint density at radius 3 is 1.53 bits per heavy atom. The first-order chi connectivity index (χ1) is 26.0. The molecule has 0 heterocycles. The van der Waals surface area contributed by atoms with Crippen molar-refractivity contribution >= 4 is 17.9 Å². The van der Waals surface area contributed by atoms with Gasteiger partial charge in [0.15, 0.2) is 6.10 Å². The number of rotatable bonds is 36. The number of carbonyl (C=O) groups is 3. The van der Waals surface area contributed by atoms with Crippen LogP contribution in [-0.2, 0) is 28.6 Å². The molecule has 6 nitrogen and oxygen atoms in total. The molecule has 0 aliphatic heterocycles. The van der Waals surface area contributed by atoms with Crippen molar-refractivity contribution < 1.29 is 28.6 Å². The lowest BCUT2D eigenvalue weighted by Crippen LogP contribution is -2.30. The topological polar surface area (TPSA) is 78.9 Å². The van der Waals surface area contributed by atoms with Gasteiger partial charge in [-0.25, -0.2) is 0 Å². The minimum atomic E-state index is -0.825. The maximum absolute atomic E-state index is 12.7. The molecule has 0 aliphatic rings. The number of hydrogen-bond acceptors (Lipinski definition) is 6. The summed E-state index contributed by atoms with van der Waals surface area (Å²) in [6.07, 6.45) is 51.7. The van der Waals surface area contributed by atoms with Crippen LogP contribution >= 0.6 is 0 Å². The molecule has 1 atom stereocenters. The highest BCUT2D eigenvalue weighted by Crippen LogP contribution is 2.11. The molecule has 0 spiro atoms. The Morgan fingerprint density at radius 2 is 0.906 bits per heavy atom. The molecule has 0 bridgehead atoms. The van der Waals surface area contributed by atoms with Crippen molar-refractivity contribution in [3.05, 3.63) is 85.1 Å². The number of allylic oxidation sites excluding steroid dienone is 13. The highest BCUT2D eigenvalue weighted by atomic mass is 16.6. The summed E-state index contributed by atoms with van der Waals surface area (Å²) in [5.74, 6) is -1.10. The highest BCUT2D eigenvalue weighted by molar-refractivity contribution is 5.72. The average Bonchev–Trinajstić information content (AvgIpc) is 3.15. The summed E-state index contributed by atoms with van der Waals surface area (Å²) in [5, 5.41) is 0. The van der Waals surface area contributed by atoms with E-state index in [1.54, 1.807) is 6.08 Å². The van der Waals surface area contributed by atoms with Gasteiger partial charge in [0.2, 0.25) is 0 Å². The van der Waals surface area contributed by atoms with Crippen molar-refractivity contribution in [2.45, 2.75) is 181 Å². The largest absolute Gasteiger partial charge is 0.462 e. The zero-order valence-corrected chi connectivity index (χ0v) is 34.0. The SMILES string of the molecule is CC\C=C/C=C\C=C/CCCCCCCC(=O)OCC(COC(=O)C/C=C\C/C=C\C/C=C\CC)OC(=O)CCCCC/C=C\CCCCCCCC. The monoisotopic (exact) mass is 737 g/mol. The fraction of sp³-hybridized carbons (Fsp3) is 0.638. The smallest absolute Gasteiger partial charge is 0.309 e. The molecular formula is C47H76O6. The summed E-state index contributed by atoms with van der Waals surface area (Å²) in [6, 6.07) is 0. The van der Waals surface area contributed by atoms with Crippen LogP contribution in [0.25, 0.3) is 0 Å². The fourth-order valence-electron chi connectivity index (χ4n) is 5.32. The normalized spacial score (nSPS) is 12.9. The van der Waals surface area contributed by atoms with E-state index in [-0.39, 0.29) is 38.0 Å². The molecule has 0 amide bonds. The third-order valence-electron chi connectivity index (χ3n) is 8.46. The Morgan fingerprint density at radius 1 is 0.434 bits per heavy atom. The van der Waals surface area contributed by atoms with Gasteiger partial charge >= 0.3 is 17.9 Å². The van der Waals surface area contributed by atoms with Crippen molar-refractivity contribution in [3.63, 3.8) is 0 Å². The minimum absolute atomic E-state index is 0.122. The van der Waals surface area contributed by atoms with Crippen molar-refractivity contribution in [3.8, 4) is 0 Å². The summed E-state index contributed by atoms with van der Waals surface area (Å²) in [4.78, 5) is 37.5. The maximum Gasteiger partial charge on any atom is 0.309 e. The number of ether oxygens (including phenoxy) is 3. The lowest BCUT2D eigenvalue weighted by molar-refractivity contribution is -0.166. The van der Waals surface area contributed by atoms with E-state index in [1.165, 1.54) is 38.5 Å². The van der Waals surface area contributed by atoms with Crippen LogP contribution in [0.4, 0.5) is 0 Å². The van der Waals surface area contributed by atoms with Crippen LogP contribution in [0.2, 0.25) is 0 Å². The van der Waals surface area contributed by atoms with E-state index >= 15 is 0 Å². The molecule has 0 radical (unpaired) electrons. The Bertz CT molecular complexity index is 1080. The van der Waals surface area contributed by atoms with Crippen molar-refractivity contribution in [1.82, 2.24) is 0 Å². The third kappa shape index (κ3) is 39.6. The van der Waals surface area contributed by atoms with E-state index < -0.39 is 12.1 Å². The molecule has 300 valence electrons. The van der Waals surface area contributed by atoms with E-state index in [0.29, 0.717) is 6.42 Å². The van der Waals surface area contributed by atoms with Crippen LogP contribution in [-0.4, -0.2) is 37.2 Å². The van der Waals surface area contributed by atoms with Crippen LogP contribution < -0.4 is 0 Å². The van der Waals surface area contributed by atoms with Gasteiger partial charge in [0.25, 0.3) is 0 Å². The number of unbranched alkanes of at least 4 members (excludes halogenated alkanes) is 14. The lowest BCUT2D eigenvalue weighted by Gasteiger charge is -2.18. The quantitative estimate of drug-likeness (QED) is 0.0209. The first-order valence-electron chi connectivity index (χ1n) is 21.1. The second kappa shape index (κ2) is 41.3. The average molecular weight is 737 g/mol. The van der Waals surface area contributed by atoms with Gasteiger partial charge in [0.1, 0.15) is 13.2 Å². The number of carbonyl (C=O) groups excluding carboxylic acids is 3. The van der Waals surface area contributed by atoms with Crippen LogP contribution in [0.15, 0.2) is 85.1 Å². The molecule has 0 saturated carbocycles. The Balaban J connectivity index is 4.52. The van der Waals surface area contributed by atoms with Crippen molar-refractivity contribution in [1.29, 1.82) is 0 Å². The molecule has 0 fully saturated rings. The van der Waals surface area contributed by atoms with Crippen LogP contribution in [0.3, 0.4) is 0 Å². The Labute approximate surface area is 325 Å². The highest BCUT2D eigenvalue weighted by Gasteiger charge is 2.19. The zero-order chi connectivity index (χ0) is 38.7. The molecular weight excluding hydrogens is 661 g/mol. The first kappa shape index (κ1) is 49.6. The van der Waals surface area contributed by atoms with Gasteiger partial charge < -0.3 is 14.2 Å². The van der Waals surface area contributed by atoms with Crippen LogP contribution in [0, 0.1) is 0 Å². The van der Waals surface area contributed by atoms with E-state index in [4.69, 9.17) is 14.2 Å². The third-order valence-corrected chi connectivity index (χ3v) is 8.46. The van der Waals surface area contributed by atoms with E-state index in [1.807, 2.05) is 12.2 Å². The van der Waals surface area contributed by atoms with Crippen molar-refractivity contribution in [2.24, 2.45) is 0 Å². The summed E-state index contributed by atoms with van der Waals surface area (Å²) in [7, 11) is 0. The van der Waals surface area contributed by atoms with Crippen molar-refractivity contribution in [2.75, 3.05) is 13.2 Å². The van der Waals surface area contributed by atoms with E-state index in [2.05, 4.69) is 87.6 Å². The molecule has 0 aromatic carbocycles. The zero-order valence-electron chi connectivity index (χ0n) is 34.0. The summed E-state index contributed by atoms with van der Waals surface area (Å²) >= 11 is 0. The molecule has 6 heteroatoms. The predicted octanol–water partition coefficient (Wildman–Crippen LogP) is 13.3. The number of esters is 3. The van der Waals surface area contributed by atoms with Crippen LogP contribution in [0.5, 0.6) is 0 Å². The van der Waals surface area contributed by atoms with Gasteiger partial charge in [-0.05, 0) is 77.0 Å². The minimum Gasteiger partial charge on any atom is -0.462 e. The molecule has 0 aliphatic carbocycles. The summed E-state index contributed by atoms with van der Waals surface area (Å²) in [5.41, 5.74) is 0. The molecule has 0 aromatic heterocycles. The molecule has 0 aromatic rings. The van der Waals surface area contributed by atoms with Gasteiger partial charge in [0.05, 0.1) is 6.42 Å².